The first kappa shape index (κ1) is 14.9. The maximum atomic E-state index is 6.24. The molecule has 0 aromatic heterocycles. The van der Waals surface area contributed by atoms with Gasteiger partial charge in [0.25, 0.3) is 0 Å². The van der Waals surface area contributed by atoms with Crippen molar-refractivity contribution in [3.05, 3.63) is 63.2 Å². The summed E-state index contributed by atoms with van der Waals surface area (Å²) in [4.78, 5) is 0. The number of halogens is 1. The largest absolute Gasteiger partial charge is 0.489 e. The first-order chi connectivity index (χ1) is 9.51. The smallest absolute Gasteiger partial charge is 0.123 e. The van der Waals surface area contributed by atoms with Crippen molar-refractivity contribution in [2.75, 3.05) is 0 Å². The SMILES string of the molecule is Cc1cc(C)c(C)c(OCc2ccc(CN)cc2Cl)c1. The highest BCUT2D eigenvalue weighted by molar-refractivity contribution is 6.31. The predicted molar refractivity (Wildman–Crippen MR) is 84.3 cm³/mol. The average molecular weight is 290 g/mol. The molecule has 0 saturated heterocycles. The number of ether oxygens (including phenoxy) is 1. The molecule has 2 rings (SSSR count). The highest BCUT2D eigenvalue weighted by Crippen LogP contribution is 2.25. The zero-order valence-corrected chi connectivity index (χ0v) is 12.9. The van der Waals surface area contributed by atoms with E-state index in [0.717, 1.165) is 16.9 Å². The van der Waals surface area contributed by atoms with Crippen LogP contribution in [0.5, 0.6) is 5.75 Å². The van der Waals surface area contributed by atoms with Gasteiger partial charge in [0.1, 0.15) is 12.4 Å². The Hall–Kier alpha value is -1.51. The van der Waals surface area contributed by atoms with Crippen molar-refractivity contribution >= 4 is 11.6 Å². The third-order valence-corrected chi connectivity index (χ3v) is 3.85. The van der Waals surface area contributed by atoms with Crippen molar-refractivity contribution in [3.8, 4) is 5.75 Å². The Morgan fingerprint density at radius 3 is 2.50 bits per heavy atom. The molecule has 20 heavy (non-hydrogen) atoms. The topological polar surface area (TPSA) is 35.2 Å². The molecule has 0 bridgehead atoms. The number of benzene rings is 2. The monoisotopic (exact) mass is 289 g/mol. The molecule has 0 fully saturated rings. The Bertz CT molecular complexity index is 623. The van der Waals surface area contributed by atoms with Crippen LogP contribution in [0, 0.1) is 20.8 Å². The number of hydrogen-bond donors (Lipinski definition) is 1. The Kier molecular flexibility index (Phi) is 4.69. The first-order valence-electron chi connectivity index (χ1n) is 6.69. The lowest BCUT2D eigenvalue weighted by Gasteiger charge is -2.13. The molecule has 106 valence electrons. The van der Waals surface area contributed by atoms with E-state index in [9.17, 15) is 0 Å². The summed E-state index contributed by atoms with van der Waals surface area (Å²) in [6.07, 6.45) is 0. The van der Waals surface area contributed by atoms with Crippen molar-refractivity contribution in [2.24, 2.45) is 5.73 Å². The number of hydrogen-bond acceptors (Lipinski definition) is 2. The first-order valence-corrected chi connectivity index (χ1v) is 7.07. The van der Waals surface area contributed by atoms with E-state index in [0.29, 0.717) is 18.2 Å². The van der Waals surface area contributed by atoms with E-state index in [1.54, 1.807) is 0 Å². The molecule has 0 amide bonds. The molecule has 2 nitrogen and oxygen atoms in total. The highest BCUT2D eigenvalue weighted by atomic mass is 35.5. The van der Waals surface area contributed by atoms with E-state index in [1.165, 1.54) is 16.7 Å². The molecule has 0 spiro atoms. The van der Waals surface area contributed by atoms with E-state index in [1.807, 2.05) is 18.2 Å². The van der Waals surface area contributed by atoms with E-state index in [2.05, 4.69) is 32.9 Å². The van der Waals surface area contributed by atoms with Crippen LogP contribution in [0.15, 0.2) is 30.3 Å². The van der Waals surface area contributed by atoms with Crippen LogP contribution in [0.25, 0.3) is 0 Å². The summed E-state index contributed by atoms with van der Waals surface area (Å²) >= 11 is 6.24. The maximum Gasteiger partial charge on any atom is 0.123 e. The summed E-state index contributed by atoms with van der Waals surface area (Å²) in [7, 11) is 0. The second-order valence-electron chi connectivity index (χ2n) is 5.12. The van der Waals surface area contributed by atoms with Gasteiger partial charge in [-0.3, -0.25) is 0 Å². The van der Waals surface area contributed by atoms with E-state index < -0.39 is 0 Å². The molecule has 0 aliphatic rings. The third-order valence-electron chi connectivity index (χ3n) is 3.50. The lowest BCUT2D eigenvalue weighted by molar-refractivity contribution is 0.303. The van der Waals surface area contributed by atoms with E-state index in [4.69, 9.17) is 22.1 Å². The Labute approximate surface area is 125 Å². The van der Waals surface area contributed by atoms with Gasteiger partial charge in [-0.25, -0.2) is 0 Å². The van der Waals surface area contributed by atoms with Crippen LogP contribution in [0.3, 0.4) is 0 Å². The molecule has 0 saturated carbocycles. The molecule has 0 aliphatic heterocycles. The van der Waals surface area contributed by atoms with Crippen molar-refractivity contribution < 1.29 is 4.74 Å². The maximum absolute atomic E-state index is 6.24. The molecule has 0 atom stereocenters. The van der Waals surface area contributed by atoms with Gasteiger partial charge in [-0.2, -0.15) is 0 Å². The fourth-order valence-electron chi connectivity index (χ4n) is 2.14. The summed E-state index contributed by atoms with van der Waals surface area (Å²) in [5.41, 5.74) is 11.2. The summed E-state index contributed by atoms with van der Waals surface area (Å²) < 4.78 is 5.92. The summed E-state index contributed by atoms with van der Waals surface area (Å²) in [5.74, 6) is 0.918. The zero-order valence-electron chi connectivity index (χ0n) is 12.2. The number of rotatable bonds is 4. The quantitative estimate of drug-likeness (QED) is 0.910. The van der Waals surface area contributed by atoms with Crippen LogP contribution < -0.4 is 10.5 Å². The number of aryl methyl sites for hydroxylation is 2. The molecule has 0 aliphatic carbocycles. The van der Waals surface area contributed by atoms with Crippen LogP contribution in [0.4, 0.5) is 0 Å². The van der Waals surface area contributed by atoms with Gasteiger partial charge in [-0.15, -0.1) is 0 Å². The zero-order chi connectivity index (χ0) is 14.7. The van der Waals surface area contributed by atoms with Gasteiger partial charge in [0.05, 0.1) is 0 Å². The van der Waals surface area contributed by atoms with Gasteiger partial charge in [0, 0.05) is 17.1 Å². The van der Waals surface area contributed by atoms with Gasteiger partial charge >= 0.3 is 0 Å². The molecule has 0 radical (unpaired) electrons. The Morgan fingerprint density at radius 1 is 1.10 bits per heavy atom. The minimum atomic E-state index is 0.466. The van der Waals surface area contributed by atoms with Gasteiger partial charge in [0.2, 0.25) is 0 Å². The van der Waals surface area contributed by atoms with E-state index >= 15 is 0 Å². The lowest BCUT2D eigenvalue weighted by atomic mass is 10.1. The molecule has 2 aromatic carbocycles. The molecular weight excluding hydrogens is 270 g/mol. The standard InChI is InChI=1S/C17H20ClNO/c1-11-6-12(2)13(3)17(7-11)20-10-15-5-4-14(9-19)8-16(15)18/h4-8H,9-10,19H2,1-3H3. The molecule has 3 heteroatoms. The van der Waals surface area contributed by atoms with Crippen LogP contribution in [0.2, 0.25) is 5.02 Å². The molecule has 2 N–H and O–H groups in total. The van der Waals surface area contributed by atoms with Gasteiger partial charge in [-0.1, -0.05) is 29.8 Å². The normalized spacial score (nSPS) is 10.7. The third kappa shape index (κ3) is 3.33. The second-order valence-corrected chi connectivity index (χ2v) is 5.53. The fourth-order valence-corrected chi connectivity index (χ4v) is 2.40. The summed E-state index contributed by atoms with van der Waals surface area (Å²) in [6.45, 7) is 7.20. The van der Waals surface area contributed by atoms with Crippen LogP contribution in [-0.4, -0.2) is 0 Å². The molecule has 2 aromatic rings. The number of nitrogens with two attached hydrogens (primary N) is 1. The minimum Gasteiger partial charge on any atom is -0.489 e. The fraction of sp³-hybridized carbons (Fsp3) is 0.294. The molecule has 0 heterocycles. The van der Waals surface area contributed by atoms with Crippen LogP contribution in [-0.2, 0) is 13.2 Å². The Balaban J connectivity index is 2.17. The van der Waals surface area contributed by atoms with E-state index in [-0.39, 0.29) is 0 Å². The Morgan fingerprint density at radius 2 is 1.85 bits per heavy atom. The van der Waals surface area contributed by atoms with Gasteiger partial charge in [-0.05, 0) is 55.2 Å². The summed E-state index contributed by atoms with van der Waals surface area (Å²) in [5, 5.41) is 0.704. The minimum absolute atomic E-state index is 0.466. The summed E-state index contributed by atoms with van der Waals surface area (Å²) in [6, 6.07) is 10.1. The molecular formula is C17H20ClNO. The predicted octanol–water partition coefficient (Wildman–Crippen LogP) is 4.30. The van der Waals surface area contributed by atoms with Gasteiger partial charge in [0.15, 0.2) is 0 Å². The second kappa shape index (κ2) is 6.29. The van der Waals surface area contributed by atoms with Crippen molar-refractivity contribution in [1.29, 1.82) is 0 Å². The van der Waals surface area contributed by atoms with Crippen molar-refractivity contribution in [1.82, 2.24) is 0 Å². The highest BCUT2D eigenvalue weighted by Gasteiger charge is 2.06. The lowest BCUT2D eigenvalue weighted by Crippen LogP contribution is -2.01. The van der Waals surface area contributed by atoms with Crippen LogP contribution >= 0.6 is 11.6 Å². The van der Waals surface area contributed by atoms with Gasteiger partial charge < -0.3 is 10.5 Å². The van der Waals surface area contributed by atoms with Crippen molar-refractivity contribution in [2.45, 2.75) is 33.9 Å². The molecule has 0 unspecified atom stereocenters. The van der Waals surface area contributed by atoms with Crippen LogP contribution in [0.1, 0.15) is 27.8 Å². The van der Waals surface area contributed by atoms with Crippen molar-refractivity contribution in [3.63, 3.8) is 0 Å². The average Bonchev–Trinajstić information content (AvgIpc) is 2.42.